The van der Waals surface area contributed by atoms with Crippen molar-refractivity contribution in [2.24, 2.45) is 0 Å². The minimum absolute atomic E-state index is 0.00738. The molecule has 0 saturated heterocycles. The Bertz CT molecular complexity index is 948. The number of hydrogen-bond donors (Lipinski definition) is 1. The third-order valence-electron chi connectivity index (χ3n) is 3.97. The molecule has 0 saturated carbocycles. The number of nitrogens with one attached hydrogen (secondary N) is 1. The van der Waals surface area contributed by atoms with Crippen LogP contribution in [-0.4, -0.2) is 25.4 Å². The molecule has 8 heteroatoms. The van der Waals surface area contributed by atoms with Crippen LogP contribution in [0.2, 0.25) is 0 Å². The zero-order valence-corrected chi connectivity index (χ0v) is 13.8. The summed E-state index contributed by atoms with van der Waals surface area (Å²) in [7, 11) is 2.21. The van der Waals surface area contributed by atoms with Crippen LogP contribution in [-0.2, 0) is 6.42 Å². The van der Waals surface area contributed by atoms with Gasteiger partial charge in [0.25, 0.3) is 0 Å². The lowest BCUT2D eigenvalue weighted by Crippen LogP contribution is -2.12. The lowest BCUT2D eigenvalue weighted by Gasteiger charge is -2.11. The molecule has 3 rings (SSSR count). The summed E-state index contributed by atoms with van der Waals surface area (Å²) in [6.07, 6.45) is -5.88. The first-order chi connectivity index (χ1) is 12.3. The number of halogens is 5. The predicted molar refractivity (Wildman–Crippen MR) is 86.5 cm³/mol. The van der Waals surface area contributed by atoms with Crippen molar-refractivity contribution in [1.29, 1.82) is 0 Å². The average Bonchev–Trinajstić information content (AvgIpc) is 2.93. The normalized spacial score (nSPS) is 11.8. The summed E-state index contributed by atoms with van der Waals surface area (Å²) in [5, 5.41) is -0.217. The quantitative estimate of drug-likeness (QED) is 0.637. The van der Waals surface area contributed by atoms with E-state index < -0.39 is 35.7 Å². The highest BCUT2D eigenvalue weighted by atomic mass is 19.4. The molecular formula is C18H14F5NO2. The SMILES string of the molecule is COc1c(F)c(OC)c2[nH]c(CC(F)(F)F)c(-c3ccccc3)c2c1F. The van der Waals surface area contributed by atoms with Gasteiger partial charge in [-0.15, -0.1) is 0 Å². The Morgan fingerprint density at radius 1 is 0.923 bits per heavy atom. The summed E-state index contributed by atoms with van der Waals surface area (Å²) >= 11 is 0. The van der Waals surface area contributed by atoms with Crippen molar-refractivity contribution in [3.05, 3.63) is 47.7 Å². The predicted octanol–water partition coefficient (Wildman–Crippen LogP) is 5.24. The van der Waals surface area contributed by atoms with Crippen LogP contribution in [0.1, 0.15) is 5.69 Å². The van der Waals surface area contributed by atoms with Crippen LogP contribution in [0, 0.1) is 11.6 Å². The van der Waals surface area contributed by atoms with Crippen LogP contribution in [0.5, 0.6) is 11.5 Å². The maximum atomic E-state index is 14.9. The minimum Gasteiger partial charge on any atom is -0.491 e. The molecule has 0 spiro atoms. The molecule has 0 fully saturated rings. The molecule has 3 aromatic rings. The number of aromatic nitrogens is 1. The summed E-state index contributed by atoms with van der Waals surface area (Å²) in [6, 6.07) is 8.00. The van der Waals surface area contributed by atoms with Gasteiger partial charge in [0.05, 0.1) is 31.5 Å². The molecule has 138 valence electrons. The van der Waals surface area contributed by atoms with E-state index in [1.54, 1.807) is 30.3 Å². The van der Waals surface area contributed by atoms with Crippen molar-refractivity contribution in [2.45, 2.75) is 12.6 Å². The Hall–Kier alpha value is -2.77. The fourth-order valence-corrected chi connectivity index (χ4v) is 2.99. The first-order valence-corrected chi connectivity index (χ1v) is 7.54. The van der Waals surface area contributed by atoms with Gasteiger partial charge in [-0.25, -0.2) is 4.39 Å². The van der Waals surface area contributed by atoms with Gasteiger partial charge in [0.2, 0.25) is 5.82 Å². The summed E-state index contributed by atoms with van der Waals surface area (Å²) in [5.74, 6) is -3.35. The van der Waals surface area contributed by atoms with E-state index in [2.05, 4.69) is 4.98 Å². The van der Waals surface area contributed by atoms with Crippen LogP contribution < -0.4 is 9.47 Å². The third-order valence-corrected chi connectivity index (χ3v) is 3.97. The molecule has 0 unspecified atom stereocenters. The van der Waals surface area contributed by atoms with E-state index in [4.69, 9.17) is 9.47 Å². The smallest absolute Gasteiger partial charge is 0.394 e. The highest BCUT2D eigenvalue weighted by Gasteiger charge is 2.34. The molecule has 0 radical (unpaired) electrons. The fourth-order valence-electron chi connectivity index (χ4n) is 2.99. The number of methoxy groups -OCH3 is 2. The maximum absolute atomic E-state index is 14.9. The van der Waals surface area contributed by atoms with Gasteiger partial charge < -0.3 is 14.5 Å². The zero-order chi connectivity index (χ0) is 19.1. The summed E-state index contributed by atoms with van der Waals surface area (Å²) in [4.78, 5) is 2.49. The molecule has 1 aromatic heterocycles. The number of hydrogen-bond acceptors (Lipinski definition) is 2. The zero-order valence-electron chi connectivity index (χ0n) is 13.8. The fraction of sp³-hybridized carbons (Fsp3) is 0.222. The second kappa shape index (κ2) is 6.51. The van der Waals surface area contributed by atoms with Gasteiger partial charge in [0.15, 0.2) is 17.3 Å². The van der Waals surface area contributed by atoms with Crippen molar-refractivity contribution in [1.82, 2.24) is 4.98 Å². The van der Waals surface area contributed by atoms with Crippen molar-refractivity contribution in [3.8, 4) is 22.6 Å². The number of ether oxygens (including phenoxy) is 2. The second-order valence-corrected chi connectivity index (χ2v) is 5.58. The third kappa shape index (κ3) is 2.95. The standard InChI is InChI=1S/C18H14F5NO2/c1-25-16-13(19)12-11(9-6-4-3-5-7-9)10(8-18(21,22)23)24-15(12)17(26-2)14(16)20/h3-7,24H,8H2,1-2H3. The van der Waals surface area contributed by atoms with Crippen molar-refractivity contribution >= 4 is 10.9 Å². The maximum Gasteiger partial charge on any atom is 0.394 e. The molecule has 0 aliphatic heterocycles. The van der Waals surface area contributed by atoms with E-state index in [-0.39, 0.29) is 22.2 Å². The van der Waals surface area contributed by atoms with Gasteiger partial charge in [-0.2, -0.15) is 17.6 Å². The van der Waals surface area contributed by atoms with Crippen LogP contribution in [0.15, 0.2) is 30.3 Å². The second-order valence-electron chi connectivity index (χ2n) is 5.58. The molecule has 1 heterocycles. The van der Waals surface area contributed by atoms with Gasteiger partial charge in [-0.3, -0.25) is 0 Å². The highest BCUT2D eigenvalue weighted by Crippen LogP contribution is 2.45. The molecule has 0 aliphatic rings. The number of benzene rings is 2. The van der Waals surface area contributed by atoms with E-state index >= 15 is 0 Å². The molecule has 3 nitrogen and oxygen atoms in total. The monoisotopic (exact) mass is 371 g/mol. The Labute approximate surface area is 145 Å². The lowest BCUT2D eigenvalue weighted by molar-refractivity contribution is -0.127. The van der Waals surface area contributed by atoms with E-state index in [1.165, 1.54) is 0 Å². The number of rotatable bonds is 4. The van der Waals surface area contributed by atoms with Gasteiger partial charge in [0, 0.05) is 11.3 Å². The molecule has 0 amide bonds. The first-order valence-electron chi connectivity index (χ1n) is 7.54. The molecule has 0 bridgehead atoms. The van der Waals surface area contributed by atoms with Gasteiger partial charge in [-0.1, -0.05) is 30.3 Å². The van der Waals surface area contributed by atoms with E-state index in [9.17, 15) is 22.0 Å². The Kier molecular flexibility index (Phi) is 4.52. The van der Waals surface area contributed by atoms with Crippen molar-refractivity contribution in [2.75, 3.05) is 14.2 Å². The van der Waals surface area contributed by atoms with E-state index in [0.717, 1.165) is 14.2 Å². The average molecular weight is 371 g/mol. The van der Waals surface area contributed by atoms with E-state index in [1.807, 2.05) is 0 Å². The molecule has 26 heavy (non-hydrogen) atoms. The first kappa shape index (κ1) is 18.0. The lowest BCUT2D eigenvalue weighted by atomic mass is 9.99. The Morgan fingerprint density at radius 3 is 2.08 bits per heavy atom. The van der Waals surface area contributed by atoms with Gasteiger partial charge in [0.1, 0.15) is 0 Å². The topological polar surface area (TPSA) is 34.2 Å². The number of alkyl halides is 3. The Morgan fingerprint density at radius 2 is 1.54 bits per heavy atom. The summed E-state index contributed by atoms with van der Waals surface area (Å²) < 4.78 is 78.1. The van der Waals surface area contributed by atoms with Crippen LogP contribution in [0.4, 0.5) is 22.0 Å². The van der Waals surface area contributed by atoms with E-state index in [0.29, 0.717) is 5.56 Å². The molecular weight excluding hydrogens is 357 g/mol. The largest absolute Gasteiger partial charge is 0.491 e. The number of fused-ring (bicyclic) bond motifs is 1. The van der Waals surface area contributed by atoms with Gasteiger partial charge in [-0.05, 0) is 5.56 Å². The molecule has 0 aliphatic carbocycles. The van der Waals surface area contributed by atoms with Crippen molar-refractivity contribution in [3.63, 3.8) is 0 Å². The summed E-state index contributed by atoms with van der Waals surface area (Å²) in [5.41, 5.74) is -0.135. The van der Waals surface area contributed by atoms with Crippen molar-refractivity contribution < 1.29 is 31.4 Å². The Balaban J connectivity index is 2.46. The minimum atomic E-state index is -4.54. The molecule has 2 aromatic carbocycles. The number of H-pyrrole nitrogens is 1. The highest BCUT2D eigenvalue weighted by molar-refractivity contribution is 6.02. The number of aromatic amines is 1. The van der Waals surface area contributed by atoms with Crippen LogP contribution in [0.25, 0.3) is 22.0 Å². The van der Waals surface area contributed by atoms with Crippen LogP contribution in [0.3, 0.4) is 0 Å². The molecule has 1 N–H and O–H groups in total. The van der Waals surface area contributed by atoms with Crippen LogP contribution >= 0.6 is 0 Å². The molecule has 0 atom stereocenters. The summed E-state index contributed by atoms with van der Waals surface area (Å²) in [6.45, 7) is 0. The van der Waals surface area contributed by atoms with Gasteiger partial charge >= 0.3 is 6.18 Å².